The van der Waals surface area contributed by atoms with Gasteiger partial charge in [-0.05, 0) is 77.0 Å². The summed E-state index contributed by atoms with van der Waals surface area (Å²) in [6.45, 7) is 4.80. The minimum atomic E-state index is -1.62. The van der Waals surface area contributed by atoms with Crippen LogP contribution < -0.4 is 5.11 Å². The first kappa shape index (κ1) is 86.2. The van der Waals surface area contributed by atoms with Crippen molar-refractivity contribution in [1.82, 2.24) is 0 Å². The molecule has 0 saturated carbocycles. The highest BCUT2D eigenvalue weighted by Crippen LogP contribution is 2.19. The Balaban J connectivity index is 3.95. The predicted molar refractivity (Wildman–Crippen MR) is 380 cm³/mol. The first-order valence-electron chi connectivity index (χ1n) is 38.8. The molecule has 2 unspecified atom stereocenters. The van der Waals surface area contributed by atoms with E-state index in [4.69, 9.17) is 18.9 Å². The lowest BCUT2D eigenvalue weighted by molar-refractivity contribution is -0.870. The highest BCUT2D eigenvalue weighted by atomic mass is 16.7. The molecule has 0 aromatic carbocycles. The minimum absolute atomic E-state index is 0.150. The van der Waals surface area contributed by atoms with Gasteiger partial charge in [-0.2, -0.15) is 0 Å². The zero-order valence-electron chi connectivity index (χ0n) is 59.8. The van der Waals surface area contributed by atoms with Crippen LogP contribution in [0.25, 0.3) is 0 Å². The van der Waals surface area contributed by atoms with Crippen LogP contribution in [0.2, 0.25) is 0 Å². The van der Waals surface area contributed by atoms with E-state index in [1.54, 1.807) is 0 Å². The average molecular weight is 1250 g/mol. The Hall–Kier alpha value is -2.75. The van der Waals surface area contributed by atoms with E-state index in [1.807, 2.05) is 21.1 Å². The minimum Gasteiger partial charge on any atom is -0.545 e. The maximum atomic E-state index is 13.0. The van der Waals surface area contributed by atoms with Gasteiger partial charge in [0.05, 0.1) is 40.3 Å². The van der Waals surface area contributed by atoms with E-state index in [0.29, 0.717) is 17.4 Å². The van der Waals surface area contributed by atoms with E-state index in [9.17, 15) is 19.5 Å². The number of quaternary nitrogens is 1. The number of carboxylic acid groups (broad SMARTS) is 1. The molecule has 522 valence electrons. The van der Waals surface area contributed by atoms with Crippen molar-refractivity contribution in [2.24, 2.45) is 0 Å². The van der Waals surface area contributed by atoms with Gasteiger partial charge in [-0.25, -0.2) is 0 Å². The molecule has 0 aliphatic heterocycles. The number of likely N-dealkylation sites (N-methyl/N-ethyl adjacent to an activating group) is 1. The van der Waals surface area contributed by atoms with E-state index in [1.165, 1.54) is 308 Å². The first-order valence-corrected chi connectivity index (χ1v) is 38.8. The van der Waals surface area contributed by atoms with Gasteiger partial charge in [0.1, 0.15) is 13.2 Å². The molecule has 0 rings (SSSR count). The molecule has 2 atom stereocenters. The molecule has 0 heterocycles. The Morgan fingerprint density at radius 2 is 0.607 bits per heavy atom. The topological polar surface area (TPSA) is 111 Å². The third-order valence-corrected chi connectivity index (χ3v) is 17.5. The lowest BCUT2D eigenvalue weighted by Gasteiger charge is -2.26. The van der Waals surface area contributed by atoms with Crippen LogP contribution in [0.15, 0.2) is 48.6 Å². The van der Waals surface area contributed by atoms with Crippen LogP contribution in [0.5, 0.6) is 0 Å². The molecule has 0 aliphatic rings. The summed E-state index contributed by atoms with van der Waals surface area (Å²) < 4.78 is 22.8. The summed E-state index contributed by atoms with van der Waals surface area (Å²) in [5.41, 5.74) is 0. The number of esters is 2. The van der Waals surface area contributed by atoms with E-state index in [-0.39, 0.29) is 32.2 Å². The predicted octanol–water partition coefficient (Wildman–Crippen LogP) is 23.1. The summed E-state index contributed by atoms with van der Waals surface area (Å²) in [6.07, 6.45) is 89.5. The molecular weight excluding hydrogens is 1100 g/mol. The van der Waals surface area contributed by atoms with Crippen LogP contribution in [-0.4, -0.2) is 82.3 Å². The maximum absolute atomic E-state index is 13.0. The molecule has 0 spiro atoms. The molecule has 0 N–H and O–H groups in total. The number of aliphatic carboxylic acids is 1. The van der Waals surface area contributed by atoms with Crippen molar-refractivity contribution in [2.45, 2.75) is 399 Å². The lowest BCUT2D eigenvalue weighted by atomic mass is 10.0. The number of unbranched alkanes of at least 4 members (excludes halogenated alkanes) is 50. The number of nitrogens with zero attached hydrogens (tertiary/aromatic N) is 1. The molecule has 0 aliphatic carbocycles. The van der Waals surface area contributed by atoms with Gasteiger partial charge in [-0.15, -0.1) is 0 Å². The van der Waals surface area contributed by atoms with Gasteiger partial charge in [0.15, 0.2) is 12.4 Å². The zero-order valence-corrected chi connectivity index (χ0v) is 59.8. The normalized spacial score (nSPS) is 12.9. The maximum Gasteiger partial charge on any atom is 0.306 e. The number of hydrogen-bond acceptors (Lipinski definition) is 8. The Labute approximate surface area is 553 Å². The molecule has 0 radical (unpaired) electrons. The van der Waals surface area contributed by atoms with Gasteiger partial charge < -0.3 is 33.3 Å². The third-order valence-electron chi connectivity index (χ3n) is 17.5. The Bertz CT molecular complexity index is 1600. The molecular formula is C80H149NO8. The fourth-order valence-electron chi connectivity index (χ4n) is 11.6. The van der Waals surface area contributed by atoms with Gasteiger partial charge in [-0.1, -0.05) is 345 Å². The molecule has 0 amide bonds. The average Bonchev–Trinajstić information content (AvgIpc) is 3.64. The van der Waals surface area contributed by atoms with E-state index < -0.39 is 24.3 Å². The lowest BCUT2D eigenvalue weighted by Crippen LogP contribution is -2.44. The number of carbonyl (C=O) groups excluding carboxylic acids is 3. The van der Waals surface area contributed by atoms with Crippen LogP contribution in [0, 0.1) is 0 Å². The fraction of sp³-hybridized carbons (Fsp3) is 0.863. The van der Waals surface area contributed by atoms with Crippen LogP contribution in [0.3, 0.4) is 0 Å². The van der Waals surface area contributed by atoms with E-state index in [2.05, 4.69) is 62.5 Å². The van der Waals surface area contributed by atoms with Crippen molar-refractivity contribution in [3.05, 3.63) is 48.6 Å². The zero-order chi connectivity index (χ0) is 64.7. The Morgan fingerprint density at radius 3 is 0.910 bits per heavy atom. The second kappa shape index (κ2) is 71.1. The second-order valence-corrected chi connectivity index (χ2v) is 27.6. The number of rotatable bonds is 73. The van der Waals surface area contributed by atoms with E-state index >= 15 is 0 Å². The van der Waals surface area contributed by atoms with Gasteiger partial charge in [0.2, 0.25) is 0 Å². The smallest absolute Gasteiger partial charge is 0.306 e. The van der Waals surface area contributed by atoms with Crippen molar-refractivity contribution >= 4 is 17.9 Å². The largest absolute Gasteiger partial charge is 0.545 e. The molecule has 9 nitrogen and oxygen atoms in total. The van der Waals surface area contributed by atoms with Gasteiger partial charge >= 0.3 is 11.9 Å². The molecule has 0 bridgehead atoms. The summed E-state index contributed by atoms with van der Waals surface area (Å²) in [4.78, 5) is 37.5. The summed E-state index contributed by atoms with van der Waals surface area (Å²) >= 11 is 0. The number of carboxylic acids is 1. The van der Waals surface area contributed by atoms with Crippen molar-refractivity contribution in [1.29, 1.82) is 0 Å². The molecule has 0 fully saturated rings. The summed E-state index contributed by atoms with van der Waals surface area (Å²) in [6, 6.07) is 0. The molecule has 9 heteroatoms. The number of ether oxygens (including phenoxy) is 4. The van der Waals surface area contributed by atoms with E-state index in [0.717, 1.165) is 51.4 Å². The molecule has 0 aromatic rings. The third kappa shape index (κ3) is 72.5. The second-order valence-electron chi connectivity index (χ2n) is 27.6. The Morgan fingerprint density at radius 1 is 0.337 bits per heavy atom. The summed E-state index contributed by atoms with van der Waals surface area (Å²) in [7, 11) is 5.95. The number of hydrogen-bond donors (Lipinski definition) is 0. The molecule has 0 aromatic heterocycles. The monoisotopic (exact) mass is 1250 g/mol. The van der Waals surface area contributed by atoms with Crippen molar-refractivity contribution in [3.63, 3.8) is 0 Å². The van der Waals surface area contributed by atoms with Crippen molar-refractivity contribution in [2.75, 3.05) is 47.5 Å². The van der Waals surface area contributed by atoms with Gasteiger partial charge in [-0.3, -0.25) is 9.59 Å². The van der Waals surface area contributed by atoms with Crippen molar-refractivity contribution < 1.29 is 42.9 Å². The molecule has 89 heavy (non-hydrogen) atoms. The quantitative estimate of drug-likeness (QED) is 0.0195. The highest BCUT2D eigenvalue weighted by molar-refractivity contribution is 5.70. The molecule has 0 saturated heterocycles. The standard InChI is InChI=1S/C80H149NO8/c1-6-8-10-12-14-16-18-20-22-24-26-28-30-31-32-33-34-35-36-37-38-39-40-41-42-43-44-45-46-47-49-51-53-55-57-59-61-63-65-67-69-71-78(83)89-76(75-88-80(79(84)85)86-73-72-81(3,4)5)74-87-77(82)70-68-66-64-62-60-58-56-54-52-50-48-29-27-25-23-21-19-17-15-13-11-9-7-2/h18,20,24-27,30-31,76,80H,6-17,19,21-23,28-29,32-75H2,1-5H3/b20-18-,26-24-,27-25-,31-30-. The summed E-state index contributed by atoms with van der Waals surface area (Å²) in [5, 5.41) is 11.8. The van der Waals surface area contributed by atoms with Crippen LogP contribution in [0.1, 0.15) is 386 Å². The van der Waals surface area contributed by atoms with Crippen LogP contribution in [0.4, 0.5) is 0 Å². The van der Waals surface area contributed by atoms with Gasteiger partial charge in [0, 0.05) is 12.8 Å². The number of carbonyl (C=O) groups is 3. The fourth-order valence-corrected chi connectivity index (χ4v) is 11.6. The number of allylic oxidation sites excluding steroid dienone is 8. The Kier molecular flexibility index (Phi) is 68.9. The van der Waals surface area contributed by atoms with Crippen LogP contribution >= 0.6 is 0 Å². The summed E-state index contributed by atoms with van der Waals surface area (Å²) in [5.74, 6) is -2.26. The first-order chi connectivity index (χ1) is 43.6. The highest BCUT2D eigenvalue weighted by Gasteiger charge is 2.22. The van der Waals surface area contributed by atoms with Crippen LogP contribution in [-0.2, 0) is 33.3 Å². The van der Waals surface area contributed by atoms with Gasteiger partial charge in [0.25, 0.3) is 0 Å². The SMILES string of the molecule is CCCCCCC/C=C\C/C=C\C/C=C\CCCCCCCCCCCCCCCCCCCCCCCCCCCCC(=O)OC(COC(=O)CCCCCCCCCCCCC/C=C\CCCCCCCCCC)COC(OCC[N+](C)(C)C)C(=O)[O-]. The van der Waals surface area contributed by atoms with Crippen molar-refractivity contribution in [3.8, 4) is 0 Å².